The Kier molecular flexibility index (Phi) is 5.94. The summed E-state index contributed by atoms with van der Waals surface area (Å²) in [5.74, 6) is -0.200. The first kappa shape index (κ1) is 18.5. The lowest BCUT2D eigenvalue weighted by Crippen LogP contribution is -2.25. The number of esters is 1. The monoisotopic (exact) mass is 411 g/mol. The number of hydrogen-bond acceptors (Lipinski definition) is 2. The molecule has 0 aliphatic rings. The number of aryl methyl sites for hydroxylation is 1. The smallest absolute Gasteiger partial charge is 0.329 e. The van der Waals surface area contributed by atoms with Crippen LogP contribution < -0.4 is 0 Å². The van der Waals surface area contributed by atoms with Gasteiger partial charge in [0.1, 0.15) is 6.04 Å². The van der Waals surface area contributed by atoms with E-state index in [1.807, 2.05) is 56.3 Å². The van der Waals surface area contributed by atoms with E-state index in [-0.39, 0.29) is 5.97 Å². The largest absolute Gasteiger partial charge is 0.464 e. The van der Waals surface area contributed by atoms with Crippen LogP contribution in [0.25, 0.3) is 11.3 Å². The van der Waals surface area contributed by atoms with Gasteiger partial charge in [0.2, 0.25) is 0 Å². The van der Waals surface area contributed by atoms with Gasteiger partial charge >= 0.3 is 5.97 Å². The Morgan fingerprint density at radius 1 is 1.04 bits per heavy atom. The van der Waals surface area contributed by atoms with E-state index in [1.165, 1.54) is 0 Å². The summed E-state index contributed by atoms with van der Waals surface area (Å²) in [5, 5.41) is 0. The molecule has 2 aromatic carbocycles. The van der Waals surface area contributed by atoms with Gasteiger partial charge in [0.15, 0.2) is 0 Å². The van der Waals surface area contributed by atoms with Crippen LogP contribution >= 0.6 is 15.9 Å². The molecule has 1 heterocycles. The summed E-state index contributed by atoms with van der Waals surface area (Å²) >= 11 is 3.48. The fourth-order valence-electron chi connectivity index (χ4n) is 3.18. The first-order valence-corrected chi connectivity index (χ1v) is 9.53. The third kappa shape index (κ3) is 4.07. The van der Waals surface area contributed by atoms with Crippen LogP contribution in [0.4, 0.5) is 0 Å². The minimum absolute atomic E-state index is 0.200. The molecular weight excluding hydrogens is 390 g/mol. The van der Waals surface area contributed by atoms with Crippen LogP contribution in [0.5, 0.6) is 0 Å². The minimum Gasteiger partial charge on any atom is -0.464 e. The van der Waals surface area contributed by atoms with E-state index in [2.05, 4.69) is 44.8 Å². The lowest BCUT2D eigenvalue weighted by atomic mass is 10.0. The molecule has 1 atom stereocenters. The Hall–Kier alpha value is -2.33. The molecule has 0 aliphatic heterocycles. The lowest BCUT2D eigenvalue weighted by Gasteiger charge is -2.22. The summed E-state index contributed by atoms with van der Waals surface area (Å²) in [6.07, 6.45) is 0.596. The number of benzene rings is 2. The van der Waals surface area contributed by atoms with Crippen molar-refractivity contribution in [1.29, 1.82) is 0 Å². The number of carbonyl (C=O) groups is 1. The maximum absolute atomic E-state index is 12.8. The highest BCUT2D eigenvalue weighted by Crippen LogP contribution is 2.30. The highest BCUT2D eigenvalue weighted by atomic mass is 79.9. The van der Waals surface area contributed by atoms with Crippen LogP contribution in [0, 0.1) is 6.92 Å². The van der Waals surface area contributed by atoms with E-state index in [4.69, 9.17) is 4.74 Å². The van der Waals surface area contributed by atoms with Gasteiger partial charge in [0.25, 0.3) is 0 Å². The van der Waals surface area contributed by atoms with E-state index in [1.54, 1.807) is 0 Å². The summed E-state index contributed by atoms with van der Waals surface area (Å²) in [4.78, 5) is 12.8. The van der Waals surface area contributed by atoms with Crippen molar-refractivity contribution in [1.82, 2.24) is 4.57 Å². The topological polar surface area (TPSA) is 31.2 Å². The second kappa shape index (κ2) is 8.37. The normalized spacial score (nSPS) is 12.0. The maximum atomic E-state index is 12.8. The SMILES string of the molecule is CCOC(=O)[C@H](Cc1ccccc1)n1c(C)ccc1-c1ccc(Br)cc1. The standard InChI is InChI=1S/C22H22BrNO2/c1-3-26-22(25)21(15-17-7-5-4-6-8-17)24-16(2)9-14-20(24)18-10-12-19(23)13-11-18/h4-14,21H,3,15H2,1-2H3/t21-/m0/s1. The molecule has 0 N–H and O–H groups in total. The number of nitrogens with zero attached hydrogens (tertiary/aromatic N) is 1. The van der Waals surface area contributed by atoms with E-state index < -0.39 is 6.04 Å². The zero-order valence-electron chi connectivity index (χ0n) is 15.0. The molecule has 0 spiro atoms. The number of carbonyl (C=O) groups excluding carboxylic acids is 1. The molecule has 1 aromatic heterocycles. The van der Waals surface area contributed by atoms with Gasteiger partial charge in [-0.15, -0.1) is 0 Å². The Balaban J connectivity index is 2.04. The molecule has 0 radical (unpaired) electrons. The molecule has 0 saturated heterocycles. The summed E-state index contributed by atoms with van der Waals surface area (Å²) < 4.78 is 8.52. The average molecular weight is 412 g/mol. The Bertz CT molecular complexity index is 869. The Morgan fingerprint density at radius 2 is 1.73 bits per heavy atom. The van der Waals surface area contributed by atoms with Crippen LogP contribution in [0.15, 0.2) is 71.2 Å². The minimum atomic E-state index is -0.397. The van der Waals surface area contributed by atoms with Crippen molar-refractivity contribution in [2.24, 2.45) is 0 Å². The van der Waals surface area contributed by atoms with Crippen LogP contribution in [0.2, 0.25) is 0 Å². The molecule has 0 unspecified atom stereocenters. The van der Waals surface area contributed by atoms with E-state index in [9.17, 15) is 4.79 Å². The van der Waals surface area contributed by atoms with Gasteiger partial charge in [0, 0.05) is 22.3 Å². The molecule has 3 nitrogen and oxygen atoms in total. The van der Waals surface area contributed by atoms with Crippen molar-refractivity contribution < 1.29 is 9.53 Å². The van der Waals surface area contributed by atoms with Crippen molar-refractivity contribution >= 4 is 21.9 Å². The second-order valence-corrected chi connectivity index (χ2v) is 7.11. The van der Waals surface area contributed by atoms with Crippen molar-refractivity contribution in [3.63, 3.8) is 0 Å². The number of rotatable bonds is 6. The van der Waals surface area contributed by atoms with Crippen molar-refractivity contribution in [3.8, 4) is 11.3 Å². The maximum Gasteiger partial charge on any atom is 0.329 e. The van der Waals surface area contributed by atoms with E-state index in [0.717, 1.165) is 27.0 Å². The third-order valence-electron chi connectivity index (χ3n) is 4.40. The van der Waals surface area contributed by atoms with Gasteiger partial charge in [-0.05, 0) is 49.2 Å². The summed E-state index contributed by atoms with van der Waals surface area (Å²) in [5.41, 5.74) is 4.24. The zero-order valence-corrected chi connectivity index (χ0v) is 16.6. The molecule has 0 bridgehead atoms. The highest BCUT2D eigenvalue weighted by molar-refractivity contribution is 9.10. The fourth-order valence-corrected chi connectivity index (χ4v) is 3.44. The number of ether oxygens (including phenoxy) is 1. The molecule has 4 heteroatoms. The molecule has 26 heavy (non-hydrogen) atoms. The molecule has 3 aromatic rings. The van der Waals surface area contributed by atoms with Crippen molar-refractivity contribution in [2.45, 2.75) is 26.3 Å². The summed E-state index contributed by atoms with van der Waals surface area (Å²) in [7, 11) is 0. The quantitative estimate of drug-likeness (QED) is 0.496. The molecule has 0 saturated carbocycles. The fraction of sp³-hybridized carbons (Fsp3) is 0.227. The first-order chi connectivity index (χ1) is 12.6. The molecule has 0 aliphatic carbocycles. The van der Waals surface area contributed by atoms with Gasteiger partial charge < -0.3 is 9.30 Å². The number of halogens is 1. The number of hydrogen-bond donors (Lipinski definition) is 0. The molecule has 134 valence electrons. The summed E-state index contributed by atoms with van der Waals surface area (Å²) in [6.45, 7) is 4.24. The Labute approximate surface area is 162 Å². The van der Waals surface area contributed by atoms with Gasteiger partial charge in [-0.2, -0.15) is 0 Å². The predicted octanol–water partition coefficient (Wildman–Crippen LogP) is 5.57. The second-order valence-electron chi connectivity index (χ2n) is 6.19. The van der Waals surface area contributed by atoms with Crippen LogP contribution in [0.1, 0.15) is 24.2 Å². The third-order valence-corrected chi connectivity index (χ3v) is 4.93. The Morgan fingerprint density at radius 3 is 2.38 bits per heavy atom. The van der Waals surface area contributed by atoms with Crippen LogP contribution in [-0.2, 0) is 16.0 Å². The van der Waals surface area contributed by atoms with Gasteiger partial charge in [0.05, 0.1) is 6.61 Å². The van der Waals surface area contributed by atoms with Crippen molar-refractivity contribution in [2.75, 3.05) is 6.61 Å². The van der Waals surface area contributed by atoms with Gasteiger partial charge in [-0.25, -0.2) is 4.79 Å². The lowest BCUT2D eigenvalue weighted by molar-refractivity contribution is -0.147. The zero-order chi connectivity index (χ0) is 18.5. The van der Waals surface area contributed by atoms with Gasteiger partial charge in [-0.3, -0.25) is 0 Å². The molecule has 3 rings (SSSR count). The van der Waals surface area contributed by atoms with E-state index in [0.29, 0.717) is 13.0 Å². The van der Waals surface area contributed by atoms with Crippen LogP contribution in [0.3, 0.4) is 0 Å². The molecule has 0 amide bonds. The van der Waals surface area contributed by atoms with Crippen molar-refractivity contribution in [3.05, 3.63) is 82.5 Å². The summed E-state index contributed by atoms with van der Waals surface area (Å²) in [6, 6.07) is 21.9. The average Bonchev–Trinajstić information content (AvgIpc) is 3.02. The molecular formula is C22H22BrNO2. The van der Waals surface area contributed by atoms with Crippen LogP contribution in [-0.4, -0.2) is 17.1 Å². The van der Waals surface area contributed by atoms with Gasteiger partial charge in [-0.1, -0.05) is 58.4 Å². The van der Waals surface area contributed by atoms with E-state index >= 15 is 0 Å². The predicted molar refractivity (Wildman–Crippen MR) is 108 cm³/mol. The first-order valence-electron chi connectivity index (χ1n) is 8.74. The molecule has 0 fully saturated rings. The highest BCUT2D eigenvalue weighted by Gasteiger charge is 2.26. The number of aromatic nitrogens is 1.